The Morgan fingerprint density at radius 3 is 2.71 bits per heavy atom. The largest absolute Gasteiger partial charge is 0.354 e. The molecule has 1 saturated heterocycles. The minimum absolute atomic E-state index is 0.0572. The number of nitrogens with zero attached hydrogens (tertiary/aromatic N) is 1. The molecule has 1 aromatic rings. The molecule has 1 aliphatic heterocycles. The highest BCUT2D eigenvalue weighted by Crippen LogP contribution is 2.20. The van der Waals surface area contributed by atoms with Crippen LogP contribution in [0.1, 0.15) is 44.0 Å². The maximum absolute atomic E-state index is 12.5. The highest BCUT2D eigenvalue weighted by atomic mass is 16.2. The maximum Gasteiger partial charge on any atom is 0.322 e. The number of hydrogen-bond acceptors (Lipinski definition) is 3. The van der Waals surface area contributed by atoms with Gasteiger partial charge in [0.15, 0.2) is 5.78 Å². The van der Waals surface area contributed by atoms with Gasteiger partial charge in [-0.1, -0.05) is 26.0 Å². The second kappa shape index (κ2) is 7.95. The van der Waals surface area contributed by atoms with E-state index in [1.807, 2.05) is 13.8 Å². The summed E-state index contributed by atoms with van der Waals surface area (Å²) in [4.78, 5) is 37.8. The number of urea groups is 1. The lowest BCUT2D eigenvalue weighted by Gasteiger charge is -2.24. The summed E-state index contributed by atoms with van der Waals surface area (Å²) in [6.07, 6.45) is 1.48. The van der Waals surface area contributed by atoms with Crippen LogP contribution >= 0.6 is 0 Å². The Morgan fingerprint density at radius 1 is 1.29 bits per heavy atom. The van der Waals surface area contributed by atoms with E-state index in [1.165, 1.54) is 6.92 Å². The van der Waals surface area contributed by atoms with Gasteiger partial charge >= 0.3 is 6.03 Å². The molecule has 0 bridgehead atoms. The van der Waals surface area contributed by atoms with Gasteiger partial charge in [0, 0.05) is 24.3 Å². The van der Waals surface area contributed by atoms with Crippen LogP contribution in [0.2, 0.25) is 0 Å². The highest BCUT2D eigenvalue weighted by molar-refractivity contribution is 5.97. The van der Waals surface area contributed by atoms with Crippen molar-refractivity contribution in [1.82, 2.24) is 10.2 Å². The van der Waals surface area contributed by atoms with Gasteiger partial charge in [-0.25, -0.2) is 4.79 Å². The Bertz CT molecular complexity index is 628. The lowest BCUT2D eigenvalue weighted by atomic mass is 10.1. The molecular weight excluding hydrogens is 306 g/mol. The van der Waals surface area contributed by atoms with Crippen molar-refractivity contribution in [3.63, 3.8) is 0 Å². The SMILES string of the molecule is CC(=O)c1cccc(NC(=O)N2CCC[C@@H]2C(=O)NCC(C)C)c1. The van der Waals surface area contributed by atoms with Gasteiger partial charge in [0.1, 0.15) is 6.04 Å². The summed E-state index contributed by atoms with van der Waals surface area (Å²) in [5, 5.41) is 5.68. The number of ketones is 1. The summed E-state index contributed by atoms with van der Waals surface area (Å²) in [5.41, 5.74) is 1.10. The molecule has 0 unspecified atom stereocenters. The molecule has 1 heterocycles. The summed E-state index contributed by atoms with van der Waals surface area (Å²) < 4.78 is 0. The molecule has 2 N–H and O–H groups in total. The van der Waals surface area contributed by atoms with Crippen LogP contribution in [0.3, 0.4) is 0 Å². The molecule has 1 aromatic carbocycles. The number of carbonyl (C=O) groups excluding carboxylic acids is 3. The van der Waals surface area contributed by atoms with Gasteiger partial charge in [0.25, 0.3) is 0 Å². The first-order valence-corrected chi connectivity index (χ1v) is 8.35. The Hall–Kier alpha value is -2.37. The first-order valence-electron chi connectivity index (χ1n) is 8.35. The molecule has 6 nitrogen and oxygen atoms in total. The molecule has 130 valence electrons. The van der Waals surface area contributed by atoms with Crippen molar-refractivity contribution in [2.24, 2.45) is 5.92 Å². The van der Waals surface area contributed by atoms with Crippen LogP contribution in [0.25, 0.3) is 0 Å². The minimum atomic E-state index is -0.431. The summed E-state index contributed by atoms with van der Waals surface area (Å²) >= 11 is 0. The van der Waals surface area contributed by atoms with Crippen molar-refractivity contribution in [1.29, 1.82) is 0 Å². The third kappa shape index (κ3) is 4.57. The van der Waals surface area contributed by atoms with Crippen molar-refractivity contribution < 1.29 is 14.4 Å². The van der Waals surface area contributed by atoms with Crippen molar-refractivity contribution in [3.8, 4) is 0 Å². The molecule has 0 spiro atoms. The average Bonchev–Trinajstić information content (AvgIpc) is 3.02. The molecule has 2 rings (SSSR count). The number of benzene rings is 1. The van der Waals surface area contributed by atoms with Crippen LogP contribution < -0.4 is 10.6 Å². The zero-order valence-electron chi connectivity index (χ0n) is 14.5. The number of likely N-dealkylation sites (tertiary alicyclic amines) is 1. The number of rotatable bonds is 5. The van der Waals surface area contributed by atoms with Gasteiger partial charge in [-0.2, -0.15) is 0 Å². The van der Waals surface area contributed by atoms with E-state index in [2.05, 4.69) is 10.6 Å². The van der Waals surface area contributed by atoms with E-state index in [9.17, 15) is 14.4 Å². The Labute approximate surface area is 142 Å². The summed E-state index contributed by atoms with van der Waals surface area (Å²) in [6, 6.07) is 6.06. The van der Waals surface area contributed by atoms with E-state index >= 15 is 0 Å². The normalized spacial score (nSPS) is 17.0. The number of hydrogen-bond donors (Lipinski definition) is 2. The molecule has 0 radical (unpaired) electrons. The van der Waals surface area contributed by atoms with E-state index in [0.717, 1.165) is 6.42 Å². The Balaban J connectivity index is 2.01. The summed E-state index contributed by atoms with van der Waals surface area (Å²) in [6.45, 7) is 6.70. The van der Waals surface area contributed by atoms with Crippen molar-refractivity contribution in [2.75, 3.05) is 18.4 Å². The van der Waals surface area contributed by atoms with Crippen LogP contribution in [0.15, 0.2) is 24.3 Å². The summed E-state index contributed by atoms with van der Waals surface area (Å²) in [7, 11) is 0. The molecule has 1 aliphatic rings. The number of nitrogens with one attached hydrogen (secondary N) is 2. The standard InChI is InChI=1S/C18H25N3O3/c1-12(2)11-19-17(23)16-8-5-9-21(16)18(24)20-15-7-4-6-14(10-15)13(3)22/h4,6-7,10,12,16H,5,8-9,11H2,1-3H3,(H,19,23)(H,20,24)/t16-/m1/s1. The molecule has 6 heteroatoms. The first-order chi connectivity index (χ1) is 11.4. The van der Waals surface area contributed by atoms with Crippen LogP contribution in [-0.2, 0) is 4.79 Å². The predicted octanol–water partition coefficient (Wildman–Crippen LogP) is 2.66. The third-order valence-corrected chi connectivity index (χ3v) is 4.02. The fraction of sp³-hybridized carbons (Fsp3) is 0.500. The minimum Gasteiger partial charge on any atom is -0.354 e. The number of amides is 3. The van der Waals surface area contributed by atoms with Crippen LogP contribution in [0.4, 0.5) is 10.5 Å². The smallest absolute Gasteiger partial charge is 0.322 e. The predicted molar refractivity (Wildman–Crippen MR) is 93.0 cm³/mol. The highest BCUT2D eigenvalue weighted by Gasteiger charge is 2.34. The van der Waals surface area contributed by atoms with Crippen molar-refractivity contribution >= 4 is 23.4 Å². The van der Waals surface area contributed by atoms with E-state index in [0.29, 0.717) is 36.7 Å². The van der Waals surface area contributed by atoms with Crippen molar-refractivity contribution in [2.45, 2.75) is 39.7 Å². The van der Waals surface area contributed by atoms with Gasteiger partial charge in [-0.05, 0) is 37.8 Å². The van der Waals surface area contributed by atoms with Crippen LogP contribution in [-0.4, -0.2) is 41.8 Å². The number of carbonyl (C=O) groups is 3. The van der Waals surface area contributed by atoms with E-state index in [-0.39, 0.29) is 17.7 Å². The van der Waals surface area contributed by atoms with Gasteiger partial charge in [-0.15, -0.1) is 0 Å². The van der Waals surface area contributed by atoms with Gasteiger partial charge in [0.05, 0.1) is 0 Å². The average molecular weight is 331 g/mol. The topological polar surface area (TPSA) is 78.5 Å². The molecule has 1 atom stereocenters. The Morgan fingerprint density at radius 2 is 2.04 bits per heavy atom. The zero-order valence-corrected chi connectivity index (χ0v) is 14.5. The maximum atomic E-state index is 12.5. The quantitative estimate of drug-likeness (QED) is 0.814. The molecule has 24 heavy (non-hydrogen) atoms. The molecule has 0 aliphatic carbocycles. The fourth-order valence-corrected chi connectivity index (χ4v) is 2.72. The molecule has 1 fully saturated rings. The number of anilines is 1. The lowest BCUT2D eigenvalue weighted by Crippen LogP contribution is -2.48. The van der Waals surface area contributed by atoms with Gasteiger partial charge in [-0.3, -0.25) is 9.59 Å². The van der Waals surface area contributed by atoms with E-state index < -0.39 is 6.04 Å². The number of Topliss-reactive ketones (excluding diaryl/α,β-unsaturated/α-hetero) is 1. The third-order valence-electron chi connectivity index (χ3n) is 4.02. The van der Waals surface area contributed by atoms with Crippen LogP contribution in [0.5, 0.6) is 0 Å². The van der Waals surface area contributed by atoms with E-state index in [4.69, 9.17) is 0 Å². The lowest BCUT2D eigenvalue weighted by molar-refractivity contribution is -0.124. The first kappa shape index (κ1) is 18.0. The Kier molecular flexibility index (Phi) is 5.95. The molecule has 0 saturated carbocycles. The van der Waals surface area contributed by atoms with Crippen molar-refractivity contribution in [3.05, 3.63) is 29.8 Å². The second-order valence-corrected chi connectivity index (χ2v) is 6.56. The zero-order chi connectivity index (χ0) is 17.7. The van der Waals surface area contributed by atoms with Gasteiger partial charge < -0.3 is 15.5 Å². The molecule has 0 aromatic heterocycles. The second-order valence-electron chi connectivity index (χ2n) is 6.56. The summed E-state index contributed by atoms with van der Waals surface area (Å²) in [5.74, 6) is 0.207. The fourth-order valence-electron chi connectivity index (χ4n) is 2.72. The molecule has 3 amide bonds. The van der Waals surface area contributed by atoms with Gasteiger partial charge in [0.2, 0.25) is 5.91 Å². The van der Waals surface area contributed by atoms with E-state index in [1.54, 1.807) is 29.2 Å². The van der Waals surface area contributed by atoms with Crippen LogP contribution in [0, 0.1) is 5.92 Å². The monoisotopic (exact) mass is 331 g/mol. The molecular formula is C18H25N3O3.